The Balaban J connectivity index is 2.19. The zero-order valence-electron chi connectivity index (χ0n) is 16.0. The van der Waals surface area contributed by atoms with Crippen LogP contribution in [0.1, 0.15) is 22.3 Å². The summed E-state index contributed by atoms with van der Waals surface area (Å²) in [4.78, 5) is 0. The third-order valence-electron chi connectivity index (χ3n) is 4.09. The highest BCUT2D eigenvalue weighted by atomic mass is 32.2. The maximum atomic E-state index is 12.3. The molecule has 0 bridgehead atoms. The van der Waals surface area contributed by atoms with Crippen LogP contribution in [0.3, 0.4) is 0 Å². The SMILES string of the molecule is Cc1cccc(OC[C@@H](O)CN(c2c(C)cc(C)cc2C)S(C)(=O)=O)c1. The minimum absolute atomic E-state index is 0.0133. The molecule has 6 heteroatoms. The van der Waals surface area contributed by atoms with Gasteiger partial charge in [0.1, 0.15) is 18.5 Å². The lowest BCUT2D eigenvalue weighted by Crippen LogP contribution is -2.40. The van der Waals surface area contributed by atoms with E-state index in [-0.39, 0.29) is 13.2 Å². The molecule has 2 aromatic rings. The number of rotatable bonds is 7. The van der Waals surface area contributed by atoms with Gasteiger partial charge in [0.15, 0.2) is 0 Å². The van der Waals surface area contributed by atoms with Crippen LogP contribution < -0.4 is 9.04 Å². The number of aliphatic hydroxyl groups is 1. The Bertz CT molecular complexity index is 854. The van der Waals surface area contributed by atoms with Crippen molar-refractivity contribution in [3.05, 3.63) is 58.7 Å². The first-order chi connectivity index (χ1) is 12.1. The van der Waals surface area contributed by atoms with Crippen LogP contribution in [-0.4, -0.2) is 39.0 Å². The predicted octanol–water partition coefficient (Wildman–Crippen LogP) is 3.13. The molecule has 26 heavy (non-hydrogen) atoms. The summed E-state index contributed by atoms with van der Waals surface area (Å²) in [5.74, 6) is 0.651. The highest BCUT2D eigenvalue weighted by Gasteiger charge is 2.24. The number of hydrogen-bond donors (Lipinski definition) is 1. The van der Waals surface area contributed by atoms with Gasteiger partial charge in [-0.3, -0.25) is 4.31 Å². The van der Waals surface area contributed by atoms with Crippen molar-refractivity contribution in [1.82, 2.24) is 0 Å². The molecule has 0 fully saturated rings. The van der Waals surface area contributed by atoms with Crippen molar-refractivity contribution in [3.63, 3.8) is 0 Å². The third-order valence-corrected chi connectivity index (χ3v) is 5.23. The first-order valence-electron chi connectivity index (χ1n) is 8.51. The van der Waals surface area contributed by atoms with E-state index in [4.69, 9.17) is 4.74 Å². The van der Waals surface area contributed by atoms with E-state index in [0.717, 1.165) is 28.5 Å². The van der Waals surface area contributed by atoms with E-state index >= 15 is 0 Å². The molecule has 0 aliphatic heterocycles. The molecule has 0 heterocycles. The minimum atomic E-state index is -3.54. The minimum Gasteiger partial charge on any atom is -0.491 e. The number of ether oxygens (including phenoxy) is 1. The van der Waals surface area contributed by atoms with Gasteiger partial charge in [-0.2, -0.15) is 0 Å². The predicted molar refractivity (Wildman–Crippen MR) is 106 cm³/mol. The summed E-state index contributed by atoms with van der Waals surface area (Å²) < 4.78 is 31.6. The topological polar surface area (TPSA) is 66.8 Å². The molecule has 0 unspecified atom stereocenters. The normalized spacial score (nSPS) is 12.7. The second-order valence-corrected chi connectivity index (χ2v) is 8.73. The highest BCUT2D eigenvalue weighted by molar-refractivity contribution is 7.92. The maximum Gasteiger partial charge on any atom is 0.232 e. The van der Waals surface area contributed by atoms with Crippen LogP contribution in [0.25, 0.3) is 0 Å². The van der Waals surface area contributed by atoms with Gasteiger partial charge in [0.25, 0.3) is 0 Å². The number of benzene rings is 2. The number of aryl methyl sites for hydroxylation is 4. The second kappa shape index (κ2) is 8.10. The van der Waals surface area contributed by atoms with Crippen LogP contribution in [0, 0.1) is 27.7 Å². The quantitative estimate of drug-likeness (QED) is 0.805. The van der Waals surface area contributed by atoms with Gasteiger partial charge in [-0.05, 0) is 56.5 Å². The van der Waals surface area contributed by atoms with Gasteiger partial charge in [0.05, 0.1) is 18.5 Å². The van der Waals surface area contributed by atoms with Gasteiger partial charge in [0, 0.05) is 0 Å². The summed E-state index contributed by atoms with van der Waals surface area (Å²) in [6, 6.07) is 11.4. The number of anilines is 1. The monoisotopic (exact) mass is 377 g/mol. The van der Waals surface area contributed by atoms with Crippen LogP contribution >= 0.6 is 0 Å². The van der Waals surface area contributed by atoms with Gasteiger partial charge in [-0.25, -0.2) is 8.42 Å². The molecule has 5 nitrogen and oxygen atoms in total. The Morgan fingerprint density at radius 1 is 1.04 bits per heavy atom. The van der Waals surface area contributed by atoms with E-state index in [9.17, 15) is 13.5 Å². The molecule has 1 N–H and O–H groups in total. The van der Waals surface area contributed by atoms with E-state index in [2.05, 4.69) is 0 Å². The first kappa shape index (κ1) is 20.3. The second-order valence-electron chi connectivity index (χ2n) is 6.82. The van der Waals surface area contributed by atoms with E-state index in [0.29, 0.717) is 11.4 Å². The Morgan fingerprint density at radius 2 is 1.65 bits per heavy atom. The fourth-order valence-electron chi connectivity index (χ4n) is 3.10. The van der Waals surface area contributed by atoms with Crippen LogP contribution in [0.4, 0.5) is 5.69 Å². The number of hydrogen-bond acceptors (Lipinski definition) is 4. The molecule has 0 saturated carbocycles. The summed E-state index contributed by atoms with van der Waals surface area (Å²) in [6.45, 7) is 7.64. The lowest BCUT2D eigenvalue weighted by molar-refractivity contribution is 0.115. The summed E-state index contributed by atoms with van der Waals surface area (Å²) in [6.07, 6.45) is 0.199. The largest absolute Gasteiger partial charge is 0.491 e. The van der Waals surface area contributed by atoms with Crippen LogP contribution in [0.15, 0.2) is 36.4 Å². The zero-order chi connectivity index (χ0) is 19.5. The Kier molecular flexibility index (Phi) is 6.31. The van der Waals surface area contributed by atoms with Crippen molar-refractivity contribution in [1.29, 1.82) is 0 Å². The Hall–Kier alpha value is -2.05. The van der Waals surface area contributed by atoms with Crippen molar-refractivity contribution in [2.75, 3.05) is 23.7 Å². The fourth-order valence-corrected chi connectivity index (χ4v) is 4.16. The summed E-state index contributed by atoms with van der Waals surface area (Å²) >= 11 is 0. The number of sulfonamides is 1. The summed E-state index contributed by atoms with van der Waals surface area (Å²) in [5.41, 5.74) is 4.47. The molecule has 2 rings (SSSR count). The molecule has 0 aromatic heterocycles. The van der Waals surface area contributed by atoms with E-state index < -0.39 is 16.1 Å². The van der Waals surface area contributed by atoms with Gasteiger partial charge in [-0.15, -0.1) is 0 Å². The zero-order valence-corrected chi connectivity index (χ0v) is 16.8. The fraction of sp³-hybridized carbons (Fsp3) is 0.400. The smallest absolute Gasteiger partial charge is 0.232 e. The van der Waals surface area contributed by atoms with Crippen molar-refractivity contribution >= 4 is 15.7 Å². The molecule has 0 amide bonds. The average molecular weight is 378 g/mol. The Labute approximate surface area is 156 Å². The molecule has 2 aromatic carbocycles. The summed E-state index contributed by atoms with van der Waals surface area (Å²) in [7, 11) is -3.54. The number of nitrogens with zero attached hydrogens (tertiary/aromatic N) is 1. The average Bonchev–Trinajstić information content (AvgIpc) is 2.50. The van der Waals surface area contributed by atoms with Crippen LogP contribution in [-0.2, 0) is 10.0 Å². The molecule has 0 saturated heterocycles. The highest BCUT2D eigenvalue weighted by Crippen LogP contribution is 2.28. The summed E-state index contributed by atoms with van der Waals surface area (Å²) in [5, 5.41) is 10.4. The van der Waals surface area contributed by atoms with Gasteiger partial charge in [-0.1, -0.05) is 29.8 Å². The van der Waals surface area contributed by atoms with Crippen molar-refractivity contribution in [2.45, 2.75) is 33.8 Å². The molecule has 142 valence electrons. The van der Waals surface area contributed by atoms with Gasteiger partial charge in [0.2, 0.25) is 10.0 Å². The van der Waals surface area contributed by atoms with Gasteiger partial charge >= 0.3 is 0 Å². The van der Waals surface area contributed by atoms with Crippen LogP contribution in [0.5, 0.6) is 5.75 Å². The molecule has 0 spiro atoms. The third kappa shape index (κ3) is 5.22. The molecule has 0 radical (unpaired) electrons. The first-order valence-corrected chi connectivity index (χ1v) is 10.4. The van der Waals surface area contributed by atoms with Gasteiger partial charge < -0.3 is 9.84 Å². The van der Waals surface area contributed by atoms with E-state index in [1.165, 1.54) is 4.31 Å². The van der Waals surface area contributed by atoms with Crippen molar-refractivity contribution in [3.8, 4) is 5.75 Å². The molecule has 0 aliphatic rings. The lowest BCUT2D eigenvalue weighted by Gasteiger charge is -2.28. The molecular formula is C20H27NO4S. The maximum absolute atomic E-state index is 12.3. The van der Waals surface area contributed by atoms with E-state index in [1.54, 1.807) is 0 Å². The van der Waals surface area contributed by atoms with E-state index in [1.807, 2.05) is 64.1 Å². The van der Waals surface area contributed by atoms with Crippen molar-refractivity contribution < 1.29 is 18.3 Å². The standard InChI is InChI=1S/C20H27NO4S/c1-14-7-6-8-19(11-14)25-13-18(22)12-21(26(5,23)24)20-16(3)9-15(2)10-17(20)4/h6-11,18,22H,12-13H2,1-5H3/t18-/m0/s1. The molecule has 0 aliphatic carbocycles. The number of aliphatic hydroxyl groups excluding tert-OH is 1. The van der Waals surface area contributed by atoms with Crippen LogP contribution in [0.2, 0.25) is 0 Å². The Morgan fingerprint density at radius 3 is 2.19 bits per heavy atom. The van der Waals surface area contributed by atoms with Crippen molar-refractivity contribution in [2.24, 2.45) is 0 Å². The molecule has 1 atom stereocenters. The molecular weight excluding hydrogens is 350 g/mol. The lowest BCUT2D eigenvalue weighted by atomic mass is 10.0.